The topological polar surface area (TPSA) is 35.5 Å². The molecule has 1 aliphatic heterocycles. The van der Waals surface area contributed by atoms with Crippen molar-refractivity contribution in [1.82, 2.24) is 0 Å². The summed E-state index contributed by atoms with van der Waals surface area (Å²) in [5, 5.41) is 2.00. The lowest BCUT2D eigenvalue weighted by molar-refractivity contribution is -0.150. The monoisotopic (exact) mass is 238 g/mol. The van der Waals surface area contributed by atoms with Gasteiger partial charge >= 0.3 is 5.97 Å². The summed E-state index contributed by atoms with van der Waals surface area (Å²) in [5.74, 6) is -0.247. The summed E-state index contributed by atoms with van der Waals surface area (Å²) in [4.78, 5) is 13.1. The molecule has 2 heterocycles. The van der Waals surface area contributed by atoms with Gasteiger partial charge in [-0.1, -0.05) is 12.6 Å². The van der Waals surface area contributed by atoms with Crippen LogP contribution >= 0.6 is 11.3 Å². The van der Waals surface area contributed by atoms with E-state index in [2.05, 4.69) is 6.58 Å². The predicted octanol–water partition coefficient (Wildman–Crippen LogP) is 2.04. The van der Waals surface area contributed by atoms with E-state index in [0.717, 1.165) is 10.5 Å². The molecule has 0 amide bonds. The summed E-state index contributed by atoms with van der Waals surface area (Å²) in [6.07, 6.45) is 0.621. The van der Waals surface area contributed by atoms with E-state index >= 15 is 0 Å². The Balaban J connectivity index is 2.28. The standard InChI is InChI=1S/C12H14O3S/c1-9-7-15-8-12(9,11(13)14-2)6-10-4-3-5-16-10/h3-5H,1,6-8H2,2H3. The van der Waals surface area contributed by atoms with Gasteiger partial charge in [0.15, 0.2) is 0 Å². The van der Waals surface area contributed by atoms with Crippen LogP contribution in [-0.4, -0.2) is 26.3 Å². The van der Waals surface area contributed by atoms with E-state index in [1.807, 2.05) is 17.5 Å². The summed E-state index contributed by atoms with van der Waals surface area (Å²) >= 11 is 1.63. The molecule has 1 aromatic heterocycles. The zero-order valence-electron chi connectivity index (χ0n) is 9.19. The summed E-state index contributed by atoms with van der Waals surface area (Å²) in [6, 6.07) is 3.99. The van der Waals surface area contributed by atoms with Crippen molar-refractivity contribution in [3.05, 3.63) is 34.5 Å². The second-order valence-corrected chi connectivity index (χ2v) is 4.96. The first-order valence-corrected chi connectivity index (χ1v) is 5.94. The van der Waals surface area contributed by atoms with Crippen molar-refractivity contribution in [2.24, 2.45) is 5.41 Å². The molecule has 1 aromatic rings. The maximum absolute atomic E-state index is 11.9. The molecule has 0 saturated carbocycles. The lowest BCUT2D eigenvalue weighted by atomic mass is 9.80. The second kappa shape index (κ2) is 4.39. The zero-order chi connectivity index (χ0) is 11.6. The Kier molecular flexibility index (Phi) is 3.12. The van der Waals surface area contributed by atoms with Crippen LogP contribution in [0.3, 0.4) is 0 Å². The van der Waals surface area contributed by atoms with Crippen molar-refractivity contribution in [2.45, 2.75) is 6.42 Å². The average Bonchev–Trinajstić information content (AvgIpc) is 2.90. The molecule has 1 unspecified atom stereocenters. The molecule has 1 fully saturated rings. The number of ether oxygens (including phenoxy) is 2. The van der Waals surface area contributed by atoms with Gasteiger partial charge in [0.25, 0.3) is 0 Å². The summed E-state index contributed by atoms with van der Waals surface area (Å²) in [6.45, 7) is 4.75. The average molecular weight is 238 g/mol. The molecule has 0 spiro atoms. The van der Waals surface area contributed by atoms with Crippen LogP contribution in [0, 0.1) is 5.41 Å². The Bertz CT molecular complexity index is 396. The van der Waals surface area contributed by atoms with E-state index in [-0.39, 0.29) is 5.97 Å². The van der Waals surface area contributed by atoms with Crippen molar-refractivity contribution in [3.63, 3.8) is 0 Å². The van der Waals surface area contributed by atoms with Gasteiger partial charge < -0.3 is 9.47 Å². The second-order valence-electron chi connectivity index (χ2n) is 3.93. The molecule has 1 aliphatic rings. The maximum atomic E-state index is 11.9. The van der Waals surface area contributed by atoms with Gasteiger partial charge in [-0.05, 0) is 17.0 Å². The maximum Gasteiger partial charge on any atom is 0.318 e. The molecule has 0 aliphatic carbocycles. The fourth-order valence-electron chi connectivity index (χ4n) is 1.95. The van der Waals surface area contributed by atoms with E-state index in [1.54, 1.807) is 11.3 Å². The fraction of sp³-hybridized carbons (Fsp3) is 0.417. The lowest BCUT2D eigenvalue weighted by Crippen LogP contribution is -2.36. The van der Waals surface area contributed by atoms with Gasteiger partial charge in [-0.25, -0.2) is 0 Å². The van der Waals surface area contributed by atoms with E-state index in [0.29, 0.717) is 19.6 Å². The van der Waals surface area contributed by atoms with Crippen LogP contribution in [0.5, 0.6) is 0 Å². The highest BCUT2D eigenvalue weighted by Crippen LogP contribution is 2.38. The minimum atomic E-state index is -0.681. The largest absolute Gasteiger partial charge is 0.468 e. The van der Waals surface area contributed by atoms with Gasteiger partial charge in [-0.2, -0.15) is 0 Å². The lowest BCUT2D eigenvalue weighted by Gasteiger charge is -2.24. The molecular weight excluding hydrogens is 224 g/mol. The van der Waals surface area contributed by atoms with Gasteiger partial charge in [0.05, 0.1) is 20.3 Å². The Morgan fingerprint density at radius 2 is 2.56 bits per heavy atom. The first-order chi connectivity index (χ1) is 7.69. The number of rotatable bonds is 3. The van der Waals surface area contributed by atoms with Gasteiger partial charge in [0, 0.05) is 11.3 Å². The smallest absolute Gasteiger partial charge is 0.318 e. The minimum Gasteiger partial charge on any atom is -0.468 e. The van der Waals surface area contributed by atoms with Crippen LogP contribution in [0.15, 0.2) is 29.7 Å². The Hall–Kier alpha value is -1.13. The third-order valence-electron chi connectivity index (χ3n) is 2.93. The predicted molar refractivity (Wildman–Crippen MR) is 62.4 cm³/mol. The molecule has 2 rings (SSSR count). The Labute approximate surface area is 98.7 Å². The van der Waals surface area contributed by atoms with Gasteiger partial charge in [0.1, 0.15) is 5.41 Å². The van der Waals surface area contributed by atoms with E-state index in [9.17, 15) is 4.79 Å². The van der Waals surface area contributed by atoms with Crippen LogP contribution in [0.2, 0.25) is 0 Å². The van der Waals surface area contributed by atoms with Crippen LogP contribution in [0.1, 0.15) is 4.88 Å². The number of carbonyl (C=O) groups is 1. The van der Waals surface area contributed by atoms with Crippen LogP contribution in [-0.2, 0) is 20.7 Å². The number of hydrogen-bond donors (Lipinski definition) is 0. The molecule has 0 bridgehead atoms. The quantitative estimate of drug-likeness (QED) is 0.597. The van der Waals surface area contributed by atoms with E-state index in [1.165, 1.54) is 7.11 Å². The van der Waals surface area contributed by atoms with Crippen LogP contribution < -0.4 is 0 Å². The van der Waals surface area contributed by atoms with Crippen molar-refractivity contribution in [3.8, 4) is 0 Å². The molecule has 0 radical (unpaired) electrons. The highest BCUT2D eigenvalue weighted by atomic mass is 32.1. The number of hydrogen-bond acceptors (Lipinski definition) is 4. The molecular formula is C12H14O3S. The minimum absolute atomic E-state index is 0.247. The number of methoxy groups -OCH3 is 1. The van der Waals surface area contributed by atoms with Crippen LogP contribution in [0.4, 0.5) is 0 Å². The molecule has 0 N–H and O–H groups in total. The van der Waals surface area contributed by atoms with Gasteiger partial charge in [-0.15, -0.1) is 11.3 Å². The number of thiophene rings is 1. The molecule has 4 heteroatoms. The highest BCUT2D eigenvalue weighted by molar-refractivity contribution is 7.09. The SMILES string of the molecule is C=C1COCC1(Cc1cccs1)C(=O)OC. The Morgan fingerprint density at radius 1 is 1.75 bits per heavy atom. The molecule has 0 aromatic carbocycles. The Morgan fingerprint density at radius 3 is 3.06 bits per heavy atom. The van der Waals surface area contributed by atoms with Gasteiger partial charge in [-0.3, -0.25) is 4.79 Å². The summed E-state index contributed by atoms with van der Waals surface area (Å²) < 4.78 is 10.2. The van der Waals surface area contributed by atoms with E-state index < -0.39 is 5.41 Å². The number of esters is 1. The molecule has 86 valence electrons. The highest BCUT2D eigenvalue weighted by Gasteiger charge is 2.46. The van der Waals surface area contributed by atoms with Crippen molar-refractivity contribution in [2.75, 3.05) is 20.3 Å². The zero-order valence-corrected chi connectivity index (χ0v) is 10.0. The van der Waals surface area contributed by atoms with Crippen molar-refractivity contribution < 1.29 is 14.3 Å². The molecule has 1 atom stereocenters. The van der Waals surface area contributed by atoms with Gasteiger partial charge in [0.2, 0.25) is 0 Å². The fourth-order valence-corrected chi connectivity index (χ4v) is 2.76. The van der Waals surface area contributed by atoms with Crippen molar-refractivity contribution >= 4 is 17.3 Å². The molecule has 16 heavy (non-hydrogen) atoms. The first-order valence-electron chi connectivity index (χ1n) is 5.06. The summed E-state index contributed by atoms with van der Waals surface area (Å²) in [5.41, 5.74) is 0.132. The first kappa shape index (κ1) is 11.4. The molecule has 3 nitrogen and oxygen atoms in total. The third kappa shape index (κ3) is 1.79. The molecule has 1 saturated heterocycles. The van der Waals surface area contributed by atoms with Crippen LogP contribution in [0.25, 0.3) is 0 Å². The van der Waals surface area contributed by atoms with Crippen molar-refractivity contribution in [1.29, 1.82) is 0 Å². The number of carbonyl (C=O) groups excluding carboxylic acids is 1. The summed E-state index contributed by atoms with van der Waals surface area (Å²) in [7, 11) is 1.41. The third-order valence-corrected chi connectivity index (χ3v) is 3.81. The normalized spacial score (nSPS) is 24.7. The van der Waals surface area contributed by atoms with E-state index in [4.69, 9.17) is 9.47 Å².